The van der Waals surface area contributed by atoms with Crippen molar-refractivity contribution in [2.24, 2.45) is 5.92 Å². The predicted molar refractivity (Wildman–Crippen MR) is 38.1 cm³/mol. The number of hydrogen-bond acceptors (Lipinski definition) is 1. The van der Waals surface area contributed by atoms with Crippen molar-refractivity contribution in [3.8, 4) is 0 Å². The quantitative estimate of drug-likeness (QED) is 0.525. The van der Waals surface area contributed by atoms with Gasteiger partial charge >= 0.3 is 0 Å². The Morgan fingerprint density at radius 2 is 2.22 bits per heavy atom. The first-order chi connectivity index (χ1) is 4.43. The number of rotatable bonds is 1. The first-order valence-electron chi connectivity index (χ1n) is 3.36. The van der Waals surface area contributed by atoms with Crippen LogP contribution in [0.15, 0.2) is 24.3 Å². The van der Waals surface area contributed by atoms with Crippen LogP contribution in [0.2, 0.25) is 0 Å². The maximum Gasteiger partial charge on any atom is 0.0496 e. The van der Waals surface area contributed by atoms with E-state index in [1.807, 2.05) is 0 Å². The Balaban J connectivity index is 2.44. The van der Waals surface area contributed by atoms with E-state index >= 15 is 0 Å². The molecule has 9 heavy (non-hydrogen) atoms. The van der Waals surface area contributed by atoms with Gasteiger partial charge in [-0.1, -0.05) is 24.3 Å². The van der Waals surface area contributed by atoms with Gasteiger partial charge in [-0.2, -0.15) is 0 Å². The van der Waals surface area contributed by atoms with Crippen molar-refractivity contribution >= 4 is 0 Å². The molecule has 1 nitrogen and oxygen atoms in total. The zero-order valence-electron chi connectivity index (χ0n) is 5.46. The van der Waals surface area contributed by atoms with Crippen LogP contribution < -0.4 is 0 Å². The smallest absolute Gasteiger partial charge is 0.0496 e. The standard InChI is InChI=1S/C8H12O/c9-7-8-5-3-1-2-4-6-8/h1,3-4,6,8-9H,2,5,7H2. The summed E-state index contributed by atoms with van der Waals surface area (Å²) < 4.78 is 0. The van der Waals surface area contributed by atoms with Crippen molar-refractivity contribution in [2.45, 2.75) is 12.8 Å². The number of allylic oxidation sites excluding steroid dienone is 3. The van der Waals surface area contributed by atoms with Gasteiger partial charge < -0.3 is 5.11 Å². The Morgan fingerprint density at radius 3 is 3.00 bits per heavy atom. The van der Waals surface area contributed by atoms with E-state index in [1.54, 1.807) is 0 Å². The van der Waals surface area contributed by atoms with Gasteiger partial charge in [0.05, 0.1) is 0 Å². The molecule has 0 bridgehead atoms. The maximum atomic E-state index is 8.73. The van der Waals surface area contributed by atoms with Gasteiger partial charge in [0.2, 0.25) is 0 Å². The Morgan fingerprint density at radius 1 is 1.33 bits per heavy atom. The van der Waals surface area contributed by atoms with Crippen LogP contribution in [0.25, 0.3) is 0 Å². The zero-order chi connectivity index (χ0) is 6.53. The molecule has 0 spiro atoms. The molecule has 0 aliphatic heterocycles. The molecular formula is C8H12O. The fourth-order valence-corrected chi connectivity index (χ4v) is 0.931. The van der Waals surface area contributed by atoms with Crippen LogP contribution >= 0.6 is 0 Å². The van der Waals surface area contributed by atoms with Crippen molar-refractivity contribution in [3.63, 3.8) is 0 Å². The van der Waals surface area contributed by atoms with E-state index in [0.717, 1.165) is 12.8 Å². The highest BCUT2D eigenvalue weighted by Gasteiger charge is 2.00. The van der Waals surface area contributed by atoms with Gasteiger partial charge in [-0.3, -0.25) is 0 Å². The normalized spacial score (nSPS) is 26.1. The first kappa shape index (κ1) is 6.56. The lowest BCUT2D eigenvalue weighted by Crippen LogP contribution is -1.99. The lowest BCUT2D eigenvalue weighted by atomic mass is 10.1. The van der Waals surface area contributed by atoms with Gasteiger partial charge in [0.25, 0.3) is 0 Å². The second-order valence-electron chi connectivity index (χ2n) is 2.31. The topological polar surface area (TPSA) is 20.2 Å². The first-order valence-corrected chi connectivity index (χ1v) is 3.36. The Bertz CT molecular complexity index is 125. The highest BCUT2D eigenvalue weighted by Crippen LogP contribution is 2.09. The van der Waals surface area contributed by atoms with Gasteiger partial charge in [0.15, 0.2) is 0 Å². The molecule has 50 valence electrons. The molecule has 0 saturated heterocycles. The van der Waals surface area contributed by atoms with E-state index in [-0.39, 0.29) is 6.61 Å². The summed E-state index contributed by atoms with van der Waals surface area (Å²) in [5.41, 5.74) is 0. The Hall–Kier alpha value is -0.560. The number of aliphatic hydroxyl groups excluding tert-OH is 1. The fraction of sp³-hybridized carbons (Fsp3) is 0.500. The van der Waals surface area contributed by atoms with Crippen LogP contribution in [-0.2, 0) is 0 Å². The predicted octanol–water partition coefficient (Wildman–Crippen LogP) is 1.50. The third-order valence-electron chi connectivity index (χ3n) is 1.52. The molecule has 1 aliphatic rings. The summed E-state index contributed by atoms with van der Waals surface area (Å²) in [6, 6.07) is 0. The lowest BCUT2D eigenvalue weighted by molar-refractivity contribution is 0.254. The summed E-state index contributed by atoms with van der Waals surface area (Å²) >= 11 is 0. The third kappa shape index (κ3) is 2.02. The summed E-state index contributed by atoms with van der Waals surface area (Å²) in [6.45, 7) is 0.279. The van der Waals surface area contributed by atoms with Crippen LogP contribution in [0.4, 0.5) is 0 Å². The maximum absolute atomic E-state index is 8.73. The molecule has 0 radical (unpaired) electrons. The summed E-state index contributed by atoms with van der Waals surface area (Å²) in [6.07, 6.45) is 10.5. The molecule has 0 saturated carbocycles. The van der Waals surface area contributed by atoms with Gasteiger partial charge in [-0.15, -0.1) is 0 Å². The van der Waals surface area contributed by atoms with Gasteiger partial charge in [0, 0.05) is 12.5 Å². The Labute approximate surface area is 55.7 Å². The van der Waals surface area contributed by atoms with Crippen molar-refractivity contribution < 1.29 is 5.11 Å². The molecule has 0 heterocycles. The minimum absolute atomic E-state index is 0.279. The summed E-state index contributed by atoms with van der Waals surface area (Å²) in [7, 11) is 0. The highest BCUT2D eigenvalue weighted by atomic mass is 16.3. The minimum atomic E-state index is 0.279. The Kier molecular flexibility index (Phi) is 2.52. The summed E-state index contributed by atoms with van der Waals surface area (Å²) in [4.78, 5) is 0. The van der Waals surface area contributed by atoms with Gasteiger partial charge in [-0.05, 0) is 12.8 Å². The number of aliphatic hydroxyl groups is 1. The van der Waals surface area contributed by atoms with Crippen LogP contribution in [0, 0.1) is 5.92 Å². The number of hydrogen-bond donors (Lipinski definition) is 1. The molecule has 1 heteroatoms. The minimum Gasteiger partial charge on any atom is -0.396 e. The van der Waals surface area contributed by atoms with Crippen molar-refractivity contribution in [1.82, 2.24) is 0 Å². The molecule has 1 rings (SSSR count). The van der Waals surface area contributed by atoms with E-state index in [9.17, 15) is 0 Å². The SMILES string of the molecule is OCC1C=CCC=CC1. The molecule has 0 amide bonds. The van der Waals surface area contributed by atoms with E-state index < -0.39 is 0 Å². The van der Waals surface area contributed by atoms with Crippen molar-refractivity contribution in [2.75, 3.05) is 6.61 Å². The molecule has 0 aromatic heterocycles. The summed E-state index contributed by atoms with van der Waals surface area (Å²) in [5, 5.41) is 8.73. The van der Waals surface area contributed by atoms with E-state index in [4.69, 9.17) is 5.11 Å². The molecule has 0 fully saturated rings. The molecule has 1 atom stereocenters. The molecule has 1 N–H and O–H groups in total. The van der Waals surface area contributed by atoms with E-state index in [2.05, 4.69) is 24.3 Å². The molecule has 1 unspecified atom stereocenters. The van der Waals surface area contributed by atoms with Crippen molar-refractivity contribution in [3.05, 3.63) is 24.3 Å². The van der Waals surface area contributed by atoms with Crippen LogP contribution in [0.3, 0.4) is 0 Å². The largest absolute Gasteiger partial charge is 0.396 e. The molecule has 1 aliphatic carbocycles. The van der Waals surface area contributed by atoms with E-state index in [1.165, 1.54) is 0 Å². The van der Waals surface area contributed by atoms with Crippen molar-refractivity contribution in [1.29, 1.82) is 0 Å². The average molecular weight is 124 g/mol. The van der Waals surface area contributed by atoms with Crippen LogP contribution in [0.5, 0.6) is 0 Å². The zero-order valence-corrected chi connectivity index (χ0v) is 5.46. The lowest BCUT2D eigenvalue weighted by Gasteiger charge is -2.01. The van der Waals surface area contributed by atoms with E-state index in [0.29, 0.717) is 5.92 Å². The third-order valence-corrected chi connectivity index (χ3v) is 1.52. The van der Waals surface area contributed by atoms with Crippen LogP contribution in [-0.4, -0.2) is 11.7 Å². The highest BCUT2D eigenvalue weighted by molar-refractivity contribution is 5.02. The monoisotopic (exact) mass is 124 g/mol. The molecule has 0 aromatic rings. The fourth-order valence-electron chi connectivity index (χ4n) is 0.931. The second-order valence-corrected chi connectivity index (χ2v) is 2.31. The molecular weight excluding hydrogens is 112 g/mol. The summed E-state index contributed by atoms with van der Waals surface area (Å²) in [5.74, 6) is 0.365. The average Bonchev–Trinajstić information content (AvgIpc) is 2.13. The second kappa shape index (κ2) is 3.46. The van der Waals surface area contributed by atoms with Gasteiger partial charge in [0.1, 0.15) is 0 Å². The van der Waals surface area contributed by atoms with Gasteiger partial charge in [-0.25, -0.2) is 0 Å². The molecule has 0 aromatic carbocycles. The van der Waals surface area contributed by atoms with Crippen LogP contribution in [0.1, 0.15) is 12.8 Å².